The van der Waals surface area contributed by atoms with Crippen molar-refractivity contribution in [3.8, 4) is 0 Å². The largest absolute Gasteiger partial charge is 0.467 e. The van der Waals surface area contributed by atoms with Gasteiger partial charge in [-0.05, 0) is 37.5 Å². The van der Waals surface area contributed by atoms with Crippen molar-refractivity contribution in [3.63, 3.8) is 0 Å². The van der Waals surface area contributed by atoms with Crippen molar-refractivity contribution in [2.24, 2.45) is 0 Å². The average Bonchev–Trinajstić information content (AvgIpc) is 2.97. The third kappa shape index (κ3) is 7.69. The van der Waals surface area contributed by atoms with Gasteiger partial charge in [0.15, 0.2) is 0 Å². The topological polar surface area (TPSA) is 123 Å². The van der Waals surface area contributed by atoms with Crippen molar-refractivity contribution in [3.05, 3.63) is 108 Å². The normalized spacial score (nSPS) is 13.7. The lowest BCUT2D eigenvalue weighted by molar-refractivity contribution is -0.144. The Balaban J connectivity index is 1.93. The third-order valence-electron chi connectivity index (χ3n) is 6.54. The minimum absolute atomic E-state index is 0.00986. The second kappa shape index (κ2) is 13.9. The van der Waals surface area contributed by atoms with E-state index >= 15 is 0 Å². The van der Waals surface area contributed by atoms with Crippen LogP contribution in [0.25, 0.3) is 0 Å². The van der Waals surface area contributed by atoms with E-state index in [-0.39, 0.29) is 6.61 Å². The minimum atomic E-state index is -1.60. The van der Waals surface area contributed by atoms with E-state index in [1.807, 2.05) is 91.0 Å². The fourth-order valence-corrected chi connectivity index (χ4v) is 4.37. The van der Waals surface area contributed by atoms with Crippen LogP contribution in [-0.4, -0.2) is 48.6 Å². The molecule has 3 rings (SSSR count). The maximum absolute atomic E-state index is 14.0. The molecule has 0 bridgehead atoms. The minimum Gasteiger partial charge on any atom is -0.467 e. The Bertz CT molecular complexity index is 1250. The molecule has 0 radical (unpaired) electrons. The lowest BCUT2D eigenvalue weighted by Gasteiger charge is -2.38. The first-order valence-corrected chi connectivity index (χ1v) is 12.9. The number of rotatable bonds is 11. The molecule has 3 atom stereocenters. The Morgan fingerprint density at radius 1 is 0.750 bits per heavy atom. The average molecular weight is 546 g/mol. The summed E-state index contributed by atoms with van der Waals surface area (Å²) in [5, 5.41) is 8.02. The summed E-state index contributed by atoms with van der Waals surface area (Å²) in [6, 6.07) is 25.8. The van der Waals surface area contributed by atoms with Gasteiger partial charge in [0.2, 0.25) is 11.8 Å². The van der Waals surface area contributed by atoms with E-state index in [4.69, 9.17) is 4.74 Å². The highest BCUT2D eigenvalue weighted by Crippen LogP contribution is 2.35. The Labute approximate surface area is 234 Å². The van der Waals surface area contributed by atoms with E-state index < -0.39 is 47.4 Å². The van der Waals surface area contributed by atoms with Gasteiger partial charge < -0.3 is 25.4 Å². The first-order valence-electron chi connectivity index (χ1n) is 12.9. The van der Waals surface area contributed by atoms with E-state index in [0.717, 1.165) is 16.7 Å². The molecular formula is C31H35N3O6. The van der Waals surface area contributed by atoms with Gasteiger partial charge in [-0.1, -0.05) is 91.0 Å². The highest BCUT2D eigenvalue weighted by molar-refractivity contribution is 5.96. The molecule has 9 nitrogen and oxygen atoms in total. The van der Waals surface area contributed by atoms with Crippen LogP contribution >= 0.6 is 0 Å². The maximum Gasteiger partial charge on any atom is 0.408 e. The monoisotopic (exact) mass is 545 g/mol. The molecule has 210 valence electrons. The second-order valence-corrected chi connectivity index (χ2v) is 9.59. The van der Waals surface area contributed by atoms with E-state index in [9.17, 15) is 19.2 Å². The first-order chi connectivity index (χ1) is 19.2. The Morgan fingerprint density at radius 2 is 1.25 bits per heavy atom. The number of carbonyl (C=O) groups excluding carboxylic acids is 4. The summed E-state index contributed by atoms with van der Waals surface area (Å²) in [6.07, 6.45) is -0.796. The van der Waals surface area contributed by atoms with E-state index in [0.29, 0.717) is 0 Å². The van der Waals surface area contributed by atoms with Crippen LogP contribution in [0, 0.1) is 0 Å². The molecule has 3 N–H and O–H groups in total. The van der Waals surface area contributed by atoms with Crippen molar-refractivity contribution in [2.75, 3.05) is 7.11 Å². The van der Waals surface area contributed by atoms with Crippen LogP contribution in [0.2, 0.25) is 0 Å². The zero-order chi connectivity index (χ0) is 29.1. The Morgan fingerprint density at radius 3 is 1.75 bits per heavy atom. The number of ether oxygens (including phenoxy) is 2. The lowest BCUT2D eigenvalue weighted by Crippen LogP contribution is -2.63. The van der Waals surface area contributed by atoms with Gasteiger partial charge in [0.1, 0.15) is 24.2 Å². The van der Waals surface area contributed by atoms with E-state index in [1.165, 1.54) is 21.0 Å². The van der Waals surface area contributed by atoms with Crippen molar-refractivity contribution >= 4 is 23.9 Å². The van der Waals surface area contributed by atoms with Crippen LogP contribution in [-0.2, 0) is 30.5 Å². The quantitative estimate of drug-likeness (QED) is 0.316. The fourth-order valence-electron chi connectivity index (χ4n) is 4.37. The standard InChI is InChI=1S/C31H35N3O6/c1-21(27(35)32-22(2)28(36)39-4)33-29(37)31(3,34-30(38)40-20-23-14-8-5-9-15-23)26(24-16-10-6-11-17-24)25-18-12-7-13-19-25/h5-19,21-22,26H,20H2,1-4H3,(H,32,35)(H,33,37)(H,34,38)/t21-,22-,31+/m1/s1. The molecule has 0 saturated heterocycles. The summed E-state index contributed by atoms with van der Waals surface area (Å²) in [6.45, 7) is 4.58. The molecule has 3 aromatic rings. The van der Waals surface area contributed by atoms with E-state index in [2.05, 4.69) is 20.7 Å². The van der Waals surface area contributed by atoms with Gasteiger partial charge in [-0.25, -0.2) is 9.59 Å². The molecule has 0 spiro atoms. The number of nitrogens with one attached hydrogen (secondary N) is 3. The zero-order valence-corrected chi connectivity index (χ0v) is 23.0. The number of hydrogen-bond acceptors (Lipinski definition) is 6. The molecule has 0 aliphatic rings. The number of alkyl carbamates (subject to hydrolysis) is 1. The summed E-state index contributed by atoms with van der Waals surface area (Å²) in [5.41, 5.74) is 0.729. The molecule has 0 aromatic heterocycles. The van der Waals surface area contributed by atoms with E-state index in [1.54, 1.807) is 6.92 Å². The summed E-state index contributed by atoms with van der Waals surface area (Å²) >= 11 is 0. The van der Waals surface area contributed by atoms with Gasteiger partial charge in [0, 0.05) is 5.92 Å². The summed E-state index contributed by atoms with van der Waals surface area (Å²) in [5.74, 6) is -2.47. The molecule has 0 aliphatic heterocycles. The van der Waals surface area contributed by atoms with Crippen LogP contribution in [0.3, 0.4) is 0 Å². The molecule has 3 amide bonds. The fraction of sp³-hybridized carbons (Fsp3) is 0.290. The molecule has 0 aliphatic carbocycles. The van der Waals surface area contributed by atoms with Gasteiger partial charge >= 0.3 is 12.1 Å². The Kier molecular flexibility index (Phi) is 10.4. The van der Waals surface area contributed by atoms with Gasteiger partial charge in [0.05, 0.1) is 7.11 Å². The highest BCUT2D eigenvalue weighted by Gasteiger charge is 2.45. The third-order valence-corrected chi connectivity index (χ3v) is 6.54. The maximum atomic E-state index is 14.0. The molecule has 0 heterocycles. The zero-order valence-electron chi connectivity index (χ0n) is 23.0. The van der Waals surface area contributed by atoms with Crippen LogP contribution in [0.1, 0.15) is 43.4 Å². The number of esters is 1. The van der Waals surface area contributed by atoms with Crippen LogP contribution in [0.5, 0.6) is 0 Å². The highest BCUT2D eigenvalue weighted by atomic mass is 16.5. The van der Waals surface area contributed by atoms with Gasteiger partial charge in [-0.3, -0.25) is 9.59 Å². The number of amides is 3. The van der Waals surface area contributed by atoms with Crippen molar-refractivity contribution < 1.29 is 28.7 Å². The molecule has 3 aromatic carbocycles. The molecule has 0 fully saturated rings. The first kappa shape index (κ1) is 29.9. The van der Waals surface area contributed by atoms with Crippen LogP contribution in [0.15, 0.2) is 91.0 Å². The molecule has 9 heteroatoms. The smallest absolute Gasteiger partial charge is 0.408 e. The summed E-state index contributed by atoms with van der Waals surface area (Å²) < 4.78 is 10.1. The van der Waals surface area contributed by atoms with Crippen molar-refractivity contribution in [1.29, 1.82) is 0 Å². The van der Waals surface area contributed by atoms with Crippen molar-refractivity contribution in [1.82, 2.24) is 16.0 Å². The SMILES string of the molecule is COC(=O)[C@@H](C)NC(=O)[C@@H](C)NC(=O)[C@@](C)(NC(=O)OCc1ccccc1)C(c1ccccc1)c1ccccc1. The van der Waals surface area contributed by atoms with Gasteiger partial charge in [-0.2, -0.15) is 0 Å². The predicted molar refractivity (Wildman–Crippen MR) is 150 cm³/mol. The molecule has 0 unspecified atom stereocenters. The van der Waals surface area contributed by atoms with Gasteiger partial charge in [0.25, 0.3) is 0 Å². The van der Waals surface area contributed by atoms with Crippen LogP contribution < -0.4 is 16.0 Å². The van der Waals surface area contributed by atoms with Crippen molar-refractivity contribution in [2.45, 2.75) is 50.9 Å². The van der Waals surface area contributed by atoms with Crippen LogP contribution in [0.4, 0.5) is 4.79 Å². The molecule has 0 saturated carbocycles. The predicted octanol–water partition coefficient (Wildman–Crippen LogP) is 3.69. The number of methoxy groups -OCH3 is 1. The molecular weight excluding hydrogens is 510 g/mol. The molecule has 40 heavy (non-hydrogen) atoms. The number of benzene rings is 3. The van der Waals surface area contributed by atoms with Gasteiger partial charge in [-0.15, -0.1) is 0 Å². The summed E-state index contributed by atoms with van der Waals surface area (Å²) in [7, 11) is 1.22. The number of carbonyl (C=O) groups is 4. The second-order valence-electron chi connectivity index (χ2n) is 9.59. The lowest BCUT2D eigenvalue weighted by atomic mass is 9.75. The summed E-state index contributed by atoms with van der Waals surface area (Å²) in [4.78, 5) is 51.7. The Hall–Kier alpha value is -4.66. The number of hydrogen-bond donors (Lipinski definition) is 3.